The highest BCUT2D eigenvalue weighted by molar-refractivity contribution is 5.69. The number of nitrogens with one attached hydrogen (secondary N) is 1. The minimum absolute atomic E-state index is 0.0543. The minimum Gasteiger partial charge on any atom is -0.353 e. The van der Waals surface area contributed by atoms with Gasteiger partial charge in [-0.15, -0.1) is 0 Å². The van der Waals surface area contributed by atoms with Crippen LogP contribution in [0.25, 0.3) is 5.52 Å². The average Bonchev–Trinajstić information content (AvgIpc) is 2.91. The summed E-state index contributed by atoms with van der Waals surface area (Å²) in [5.74, 6) is 1.06. The fourth-order valence-electron chi connectivity index (χ4n) is 2.92. The van der Waals surface area contributed by atoms with Crippen molar-refractivity contribution in [1.29, 1.82) is 0 Å². The first-order chi connectivity index (χ1) is 9.99. The van der Waals surface area contributed by atoms with Gasteiger partial charge in [0.05, 0.1) is 5.69 Å². The summed E-state index contributed by atoms with van der Waals surface area (Å²) in [6.07, 6.45) is 6.23. The minimum atomic E-state index is 0.0543. The zero-order chi connectivity index (χ0) is 15.0. The lowest BCUT2D eigenvalue weighted by atomic mass is 9.92. The van der Waals surface area contributed by atoms with Crippen LogP contribution >= 0.6 is 0 Å². The SMILES string of the molecule is CNC1CCCN(c2nccn3nc(C(C)(C)C)cc23)C1. The van der Waals surface area contributed by atoms with E-state index in [0.29, 0.717) is 6.04 Å². The molecule has 5 heteroatoms. The average molecular weight is 287 g/mol. The summed E-state index contributed by atoms with van der Waals surface area (Å²) in [5.41, 5.74) is 2.27. The van der Waals surface area contributed by atoms with E-state index < -0.39 is 0 Å². The first kappa shape index (κ1) is 14.3. The molecule has 3 rings (SSSR count). The molecule has 0 spiro atoms. The maximum atomic E-state index is 4.71. The molecular formula is C16H25N5. The second-order valence-corrected chi connectivity index (χ2v) is 6.93. The summed E-state index contributed by atoms with van der Waals surface area (Å²) in [4.78, 5) is 7.02. The lowest BCUT2D eigenvalue weighted by Gasteiger charge is -2.33. The van der Waals surface area contributed by atoms with Crippen molar-refractivity contribution in [1.82, 2.24) is 19.9 Å². The molecule has 0 radical (unpaired) electrons. The van der Waals surface area contributed by atoms with Gasteiger partial charge in [0.1, 0.15) is 5.52 Å². The molecule has 5 nitrogen and oxygen atoms in total. The van der Waals surface area contributed by atoms with Gasteiger partial charge in [0, 0.05) is 36.9 Å². The van der Waals surface area contributed by atoms with E-state index in [1.54, 1.807) is 0 Å². The van der Waals surface area contributed by atoms with Gasteiger partial charge in [-0.05, 0) is 26.0 Å². The Morgan fingerprint density at radius 3 is 2.86 bits per heavy atom. The Labute approximate surface area is 126 Å². The Bertz CT molecular complexity index is 625. The van der Waals surface area contributed by atoms with Gasteiger partial charge in [0.25, 0.3) is 0 Å². The maximum Gasteiger partial charge on any atom is 0.154 e. The molecule has 2 aromatic heterocycles. The van der Waals surface area contributed by atoms with Crippen LogP contribution in [0, 0.1) is 0 Å². The number of hydrogen-bond donors (Lipinski definition) is 1. The Morgan fingerprint density at radius 1 is 1.33 bits per heavy atom. The van der Waals surface area contributed by atoms with Gasteiger partial charge in [0.2, 0.25) is 0 Å². The molecule has 0 amide bonds. The van der Waals surface area contributed by atoms with Crippen LogP contribution in [0.3, 0.4) is 0 Å². The highest BCUT2D eigenvalue weighted by Gasteiger charge is 2.24. The van der Waals surface area contributed by atoms with E-state index in [-0.39, 0.29) is 5.41 Å². The van der Waals surface area contributed by atoms with Crippen molar-refractivity contribution in [2.45, 2.75) is 45.1 Å². The summed E-state index contributed by atoms with van der Waals surface area (Å²) in [7, 11) is 2.04. The van der Waals surface area contributed by atoms with Crippen molar-refractivity contribution in [3.8, 4) is 0 Å². The van der Waals surface area contributed by atoms with Gasteiger partial charge in [-0.1, -0.05) is 20.8 Å². The van der Waals surface area contributed by atoms with E-state index in [4.69, 9.17) is 5.10 Å². The largest absolute Gasteiger partial charge is 0.353 e. The molecule has 0 aliphatic carbocycles. The highest BCUT2D eigenvalue weighted by atomic mass is 15.3. The van der Waals surface area contributed by atoms with Gasteiger partial charge in [-0.2, -0.15) is 5.10 Å². The second kappa shape index (κ2) is 5.30. The first-order valence-electron chi connectivity index (χ1n) is 7.76. The fourth-order valence-corrected chi connectivity index (χ4v) is 2.92. The summed E-state index contributed by atoms with van der Waals surface area (Å²) >= 11 is 0. The van der Waals surface area contributed by atoms with Crippen LogP contribution in [0.2, 0.25) is 0 Å². The van der Waals surface area contributed by atoms with Gasteiger partial charge in [-0.3, -0.25) is 0 Å². The number of piperidine rings is 1. The molecule has 1 saturated heterocycles. The summed E-state index contributed by atoms with van der Waals surface area (Å²) < 4.78 is 1.96. The summed E-state index contributed by atoms with van der Waals surface area (Å²) in [6, 6.07) is 2.73. The quantitative estimate of drug-likeness (QED) is 0.920. The highest BCUT2D eigenvalue weighted by Crippen LogP contribution is 2.27. The van der Waals surface area contributed by atoms with Crippen LogP contribution in [0.4, 0.5) is 5.82 Å². The Kier molecular flexibility index (Phi) is 3.61. The monoisotopic (exact) mass is 287 g/mol. The van der Waals surface area contributed by atoms with Gasteiger partial charge < -0.3 is 10.2 Å². The molecule has 1 unspecified atom stereocenters. The van der Waals surface area contributed by atoms with Crippen LogP contribution < -0.4 is 10.2 Å². The number of anilines is 1. The smallest absolute Gasteiger partial charge is 0.154 e. The molecule has 0 aromatic carbocycles. The van der Waals surface area contributed by atoms with Crippen molar-refractivity contribution in [2.24, 2.45) is 0 Å². The first-order valence-corrected chi connectivity index (χ1v) is 7.76. The van der Waals surface area contributed by atoms with Crippen LogP contribution in [0.5, 0.6) is 0 Å². The van der Waals surface area contributed by atoms with Gasteiger partial charge >= 0.3 is 0 Å². The molecular weight excluding hydrogens is 262 g/mol. The van der Waals surface area contributed by atoms with E-state index in [9.17, 15) is 0 Å². The Morgan fingerprint density at radius 2 is 2.14 bits per heavy atom. The zero-order valence-electron chi connectivity index (χ0n) is 13.4. The Balaban J connectivity index is 2.00. The normalized spacial score (nSPS) is 20.2. The predicted molar refractivity (Wildman–Crippen MR) is 86.0 cm³/mol. The Hall–Kier alpha value is -1.62. The number of fused-ring (bicyclic) bond motifs is 1. The van der Waals surface area contributed by atoms with E-state index in [1.807, 2.05) is 24.0 Å². The summed E-state index contributed by atoms with van der Waals surface area (Å²) in [5, 5.41) is 8.10. The van der Waals surface area contributed by atoms with E-state index in [2.05, 4.69) is 42.0 Å². The molecule has 3 heterocycles. The number of rotatable bonds is 2. The molecule has 1 N–H and O–H groups in total. The molecule has 21 heavy (non-hydrogen) atoms. The van der Waals surface area contributed by atoms with Gasteiger partial charge in [0.15, 0.2) is 5.82 Å². The van der Waals surface area contributed by atoms with Crippen molar-refractivity contribution in [3.63, 3.8) is 0 Å². The standard InChI is InChI=1S/C16H25N5/c1-16(2,3)14-10-13-15(18-7-9-21(13)19-14)20-8-5-6-12(11-20)17-4/h7,9-10,12,17H,5-6,8,11H2,1-4H3. The molecule has 0 saturated carbocycles. The lowest BCUT2D eigenvalue weighted by molar-refractivity contribution is 0.448. The van der Waals surface area contributed by atoms with Crippen molar-refractivity contribution in [3.05, 3.63) is 24.2 Å². The predicted octanol–water partition coefficient (Wildman–Crippen LogP) is 2.21. The van der Waals surface area contributed by atoms with Crippen LogP contribution in [0.1, 0.15) is 39.3 Å². The topological polar surface area (TPSA) is 45.5 Å². The van der Waals surface area contributed by atoms with Crippen LogP contribution in [0.15, 0.2) is 18.5 Å². The van der Waals surface area contributed by atoms with E-state index >= 15 is 0 Å². The second-order valence-electron chi connectivity index (χ2n) is 6.93. The molecule has 1 atom stereocenters. The van der Waals surface area contributed by atoms with E-state index in [0.717, 1.165) is 30.1 Å². The third-order valence-electron chi connectivity index (χ3n) is 4.27. The molecule has 0 bridgehead atoms. The third-order valence-corrected chi connectivity index (χ3v) is 4.27. The van der Waals surface area contributed by atoms with Gasteiger partial charge in [-0.25, -0.2) is 9.50 Å². The molecule has 1 aliphatic heterocycles. The van der Waals surface area contributed by atoms with Crippen LogP contribution in [-0.2, 0) is 5.41 Å². The van der Waals surface area contributed by atoms with E-state index in [1.165, 1.54) is 12.8 Å². The maximum absolute atomic E-state index is 4.71. The lowest BCUT2D eigenvalue weighted by Crippen LogP contribution is -2.44. The van der Waals surface area contributed by atoms with Crippen molar-refractivity contribution < 1.29 is 0 Å². The third kappa shape index (κ3) is 2.75. The van der Waals surface area contributed by atoms with Crippen LogP contribution in [-0.4, -0.2) is 40.8 Å². The number of aromatic nitrogens is 3. The molecule has 1 fully saturated rings. The molecule has 2 aromatic rings. The molecule has 114 valence electrons. The fraction of sp³-hybridized carbons (Fsp3) is 0.625. The zero-order valence-corrected chi connectivity index (χ0v) is 13.4. The van der Waals surface area contributed by atoms with Crippen molar-refractivity contribution >= 4 is 11.3 Å². The number of likely N-dealkylation sites (N-methyl/N-ethyl adjacent to an activating group) is 1. The molecule has 1 aliphatic rings. The number of hydrogen-bond acceptors (Lipinski definition) is 4. The summed E-state index contributed by atoms with van der Waals surface area (Å²) in [6.45, 7) is 8.67. The number of nitrogens with zero attached hydrogens (tertiary/aromatic N) is 4. The van der Waals surface area contributed by atoms with Crippen molar-refractivity contribution in [2.75, 3.05) is 25.0 Å².